The number of rotatable bonds is 5. The minimum absolute atomic E-state index is 0.0298. The van der Waals surface area contributed by atoms with Crippen LogP contribution in [0.15, 0.2) is 0 Å². The topological polar surface area (TPSA) is 99.2 Å². The number of aryl methyl sites for hydroxylation is 1. The van der Waals surface area contributed by atoms with Crippen molar-refractivity contribution in [1.82, 2.24) is 20.1 Å². The molecule has 1 fully saturated rings. The molecule has 1 aliphatic carbocycles. The van der Waals surface area contributed by atoms with Gasteiger partial charge >= 0.3 is 5.97 Å². The van der Waals surface area contributed by atoms with Gasteiger partial charge in [0.1, 0.15) is 12.4 Å². The van der Waals surface area contributed by atoms with Crippen LogP contribution in [0, 0.1) is 0 Å². The molecule has 2 N–H and O–H groups in total. The summed E-state index contributed by atoms with van der Waals surface area (Å²) in [5.41, 5.74) is 0. The van der Waals surface area contributed by atoms with Crippen LogP contribution < -0.4 is 0 Å². The van der Waals surface area contributed by atoms with E-state index >= 15 is 0 Å². The Kier molecular flexibility index (Phi) is 3.08. The van der Waals surface area contributed by atoms with Gasteiger partial charge in [0.05, 0.1) is 0 Å². The predicted octanol–water partition coefficient (Wildman–Crippen LogP) is 0.0563. The molecule has 1 aromatic rings. The summed E-state index contributed by atoms with van der Waals surface area (Å²) in [6.07, 6.45) is 2.36. The van der Waals surface area contributed by atoms with Crippen molar-refractivity contribution in [2.24, 2.45) is 0 Å². The van der Waals surface area contributed by atoms with E-state index in [0.717, 1.165) is 12.8 Å². The Bertz CT molecular complexity index is 439. The van der Waals surface area contributed by atoms with Gasteiger partial charge in [-0.1, -0.05) is 6.92 Å². The molecule has 0 spiro atoms. The van der Waals surface area contributed by atoms with E-state index in [2.05, 4.69) is 15.2 Å². The quantitative estimate of drug-likeness (QED) is 0.755. The van der Waals surface area contributed by atoms with E-state index in [4.69, 9.17) is 5.11 Å². The fourth-order valence-corrected chi connectivity index (χ4v) is 1.58. The van der Waals surface area contributed by atoms with E-state index in [9.17, 15) is 9.59 Å². The molecule has 1 heterocycles. The Morgan fingerprint density at radius 1 is 1.53 bits per heavy atom. The van der Waals surface area contributed by atoms with Crippen LogP contribution in [0.2, 0.25) is 0 Å². The number of carboxylic acids is 1. The Hall–Kier alpha value is -1.92. The minimum Gasteiger partial charge on any atom is -0.480 e. The molecule has 1 amide bonds. The Morgan fingerprint density at radius 3 is 2.71 bits per heavy atom. The van der Waals surface area contributed by atoms with Gasteiger partial charge in [0, 0.05) is 12.5 Å². The van der Waals surface area contributed by atoms with E-state index in [1.807, 2.05) is 6.92 Å². The summed E-state index contributed by atoms with van der Waals surface area (Å²) in [5, 5.41) is 15.2. The molecule has 1 aliphatic rings. The molecule has 0 bridgehead atoms. The Labute approximate surface area is 97.8 Å². The van der Waals surface area contributed by atoms with Crippen LogP contribution in [0.5, 0.6) is 0 Å². The summed E-state index contributed by atoms with van der Waals surface area (Å²) < 4.78 is 0. The maximum atomic E-state index is 12.0. The smallest absolute Gasteiger partial charge is 0.323 e. The van der Waals surface area contributed by atoms with E-state index < -0.39 is 11.9 Å². The number of aromatic amines is 1. The largest absolute Gasteiger partial charge is 0.480 e. The van der Waals surface area contributed by atoms with Crippen molar-refractivity contribution in [3.05, 3.63) is 11.6 Å². The summed E-state index contributed by atoms with van der Waals surface area (Å²) >= 11 is 0. The second kappa shape index (κ2) is 4.52. The first kappa shape index (κ1) is 11.6. The highest BCUT2D eigenvalue weighted by molar-refractivity contribution is 5.92. The lowest BCUT2D eigenvalue weighted by atomic mass is 10.4. The molecule has 0 aromatic carbocycles. The highest BCUT2D eigenvalue weighted by Crippen LogP contribution is 2.27. The number of aromatic nitrogens is 3. The number of nitrogens with one attached hydrogen (secondary N) is 1. The van der Waals surface area contributed by atoms with Gasteiger partial charge in [-0.05, 0) is 12.8 Å². The van der Waals surface area contributed by atoms with E-state index in [1.54, 1.807) is 0 Å². The summed E-state index contributed by atoms with van der Waals surface area (Å²) in [5.74, 6) is -0.753. The SMILES string of the molecule is CCc1nc(C(=O)N(CC(=O)O)C2CC2)n[nH]1. The molecule has 7 heteroatoms. The molecule has 0 aliphatic heterocycles. The summed E-state index contributed by atoms with van der Waals surface area (Å²) in [4.78, 5) is 28.0. The molecule has 0 saturated heterocycles. The average Bonchev–Trinajstić information content (AvgIpc) is 3.02. The zero-order valence-electron chi connectivity index (χ0n) is 9.51. The van der Waals surface area contributed by atoms with Crippen molar-refractivity contribution in [2.75, 3.05) is 6.54 Å². The standard InChI is InChI=1S/C10H14N4O3/c1-2-7-11-9(13-12-7)10(17)14(5-8(15)16)6-3-4-6/h6H,2-5H2,1H3,(H,15,16)(H,11,12,13). The number of hydrogen-bond donors (Lipinski definition) is 2. The molecule has 0 atom stereocenters. The molecular weight excluding hydrogens is 224 g/mol. The number of carbonyl (C=O) groups is 2. The number of aliphatic carboxylic acids is 1. The number of carbonyl (C=O) groups excluding carboxylic acids is 1. The number of amides is 1. The first-order valence-corrected chi connectivity index (χ1v) is 5.56. The highest BCUT2D eigenvalue weighted by Gasteiger charge is 2.35. The average molecular weight is 238 g/mol. The molecular formula is C10H14N4O3. The highest BCUT2D eigenvalue weighted by atomic mass is 16.4. The van der Waals surface area contributed by atoms with Crippen molar-refractivity contribution in [1.29, 1.82) is 0 Å². The molecule has 0 radical (unpaired) electrons. The third-order valence-electron chi connectivity index (χ3n) is 2.61. The predicted molar refractivity (Wildman–Crippen MR) is 57.5 cm³/mol. The molecule has 7 nitrogen and oxygen atoms in total. The Balaban J connectivity index is 2.12. The van der Waals surface area contributed by atoms with Crippen LogP contribution in [0.4, 0.5) is 0 Å². The van der Waals surface area contributed by atoms with E-state index in [-0.39, 0.29) is 18.4 Å². The van der Waals surface area contributed by atoms with Gasteiger partial charge in [-0.3, -0.25) is 14.7 Å². The van der Waals surface area contributed by atoms with E-state index in [1.165, 1.54) is 4.90 Å². The van der Waals surface area contributed by atoms with Crippen molar-refractivity contribution in [3.63, 3.8) is 0 Å². The third kappa shape index (κ3) is 2.61. The second-order valence-corrected chi connectivity index (χ2v) is 4.02. The van der Waals surface area contributed by atoms with Crippen molar-refractivity contribution >= 4 is 11.9 Å². The summed E-state index contributed by atoms with van der Waals surface area (Å²) in [6, 6.07) is 0.0298. The molecule has 92 valence electrons. The molecule has 2 rings (SSSR count). The summed E-state index contributed by atoms with van der Waals surface area (Å²) in [7, 11) is 0. The van der Waals surface area contributed by atoms with Crippen LogP contribution in [-0.4, -0.2) is 49.7 Å². The van der Waals surface area contributed by atoms with Crippen molar-refractivity contribution < 1.29 is 14.7 Å². The van der Waals surface area contributed by atoms with Crippen LogP contribution in [-0.2, 0) is 11.2 Å². The maximum Gasteiger partial charge on any atom is 0.323 e. The van der Waals surface area contributed by atoms with Crippen LogP contribution in [0.1, 0.15) is 36.2 Å². The van der Waals surface area contributed by atoms with E-state index in [0.29, 0.717) is 12.2 Å². The van der Waals surface area contributed by atoms with Gasteiger partial charge < -0.3 is 10.0 Å². The molecule has 17 heavy (non-hydrogen) atoms. The van der Waals surface area contributed by atoms with Gasteiger partial charge in [-0.2, -0.15) is 0 Å². The summed E-state index contributed by atoms with van der Waals surface area (Å²) in [6.45, 7) is 1.60. The first-order valence-electron chi connectivity index (χ1n) is 5.56. The fraction of sp³-hybridized carbons (Fsp3) is 0.600. The fourth-order valence-electron chi connectivity index (χ4n) is 1.58. The van der Waals surface area contributed by atoms with Crippen LogP contribution in [0.3, 0.4) is 0 Å². The van der Waals surface area contributed by atoms with Crippen molar-refractivity contribution in [2.45, 2.75) is 32.2 Å². The number of hydrogen-bond acceptors (Lipinski definition) is 4. The molecule has 1 aromatic heterocycles. The van der Waals surface area contributed by atoms with Crippen LogP contribution >= 0.6 is 0 Å². The zero-order chi connectivity index (χ0) is 12.4. The number of nitrogens with zero attached hydrogens (tertiary/aromatic N) is 3. The third-order valence-corrected chi connectivity index (χ3v) is 2.61. The number of carboxylic acid groups (broad SMARTS) is 1. The minimum atomic E-state index is -1.02. The lowest BCUT2D eigenvalue weighted by Gasteiger charge is -2.17. The molecule has 1 saturated carbocycles. The van der Waals surface area contributed by atoms with Gasteiger partial charge in [0.25, 0.3) is 5.91 Å². The molecule has 0 unspecified atom stereocenters. The lowest BCUT2D eigenvalue weighted by Crippen LogP contribution is -2.38. The second-order valence-electron chi connectivity index (χ2n) is 4.02. The van der Waals surface area contributed by atoms with Gasteiger partial charge in [-0.25, -0.2) is 4.98 Å². The maximum absolute atomic E-state index is 12.0. The van der Waals surface area contributed by atoms with Crippen LogP contribution in [0.25, 0.3) is 0 Å². The van der Waals surface area contributed by atoms with Gasteiger partial charge in [0.15, 0.2) is 0 Å². The van der Waals surface area contributed by atoms with Crippen molar-refractivity contribution in [3.8, 4) is 0 Å². The monoisotopic (exact) mass is 238 g/mol. The first-order chi connectivity index (χ1) is 8.11. The number of H-pyrrole nitrogens is 1. The zero-order valence-corrected chi connectivity index (χ0v) is 9.51. The van der Waals surface area contributed by atoms with Gasteiger partial charge in [0.2, 0.25) is 5.82 Å². The normalized spacial score (nSPS) is 14.6. The lowest BCUT2D eigenvalue weighted by molar-refractivity contribution is -0.137. The van der Waals surface area contributed by atoms with Gasteiger partial charge in [-0.15, -0.1) is 5.10 Å². The Morgan fingerprint density at radius 2 is 2.24 bits per heavy atom.